The Kier molecular flexibility index (Phi) is 4.88. The Morgan fingerprint density at radius 2 is 2.11 bits per heavy atom. The van der Waals surface area contributed by atoms with Gasteiger partial charge in [-0.2, -0.15) is 18.7 Å². The average molecular weight is 285 g/mol. The maximum Gasteiger partial charge on any atom is 0.413 e. The lowest BCUT2D eigenvalue weighted by molar-refractivity contribution is -0.385. The monoisotopic (exact) mass is 284 g/mol. The van der Waals surface area contributed by atoms with Crippen molar-refractivity contribution in [2.24, 2.45) is 0 Å². The van der Waals surface area contributed by atoms with E-state index in [1.54, 1.807) is 0 Å². The molecule has 0 fully saturated rings. The normalized spacial score (nSPS) is 11.6. The SMILES string of the molecule is O=[N+]([O-])c1ccc(Cl)cc1CNOCC(F)(F)F. The lowest BCUT2D eigenvalue weighted by Gasteiger charge is -2.08. The van der Waals surface area contributed by atoms with Crippen molar-refractivity contribution in [2.75, 3.05) is 6.61 Å². The molecule has 0 saturated heterocycles. The Balaban J connectivity index is 2.61. The minimum atomic E-state index is -4.47. The number of hydroxylamine groups is 1. The largest absolute Gasteiger partial charge is 0.413 e. The van der Waals surface area contributed by atoms with Crippen LogP contribution in [0.2, 0.25) is 5.02 Å². The van der Waals surface area contributed by atoms with Crippen molar-refractivity contribution in [3.63, 3.8) is 0 Å². The van der Waals surface area contributed by atoms with Crippen molar-refractivity contribution in [3.8, 4) is 0 Å². The molecule has 0 aliphatic carbocycles. The van der Waals surface area contributed by atoms with Gasteiger partial charge in [0.1, 0.15) is 0 Å². The highest BCUT2D eigenvalue weighted by molar-refractivity contribution is 6.30. The van der Waals surface area contributed by atoms with Gasteiger partial charge in [0.25, 0.3) is 5.69 Å². The number of nitrogens with one attached hydrogen (secondary N) is 1. The zero-order valence-corrected chi connectivity index (χ0v) is 9.59. The first-order valence-electron chi connectivity index (χ1n) is 4.64. The van der Waals surface area contributed by atoms with Crippen LogP contribution in [0.25, 0.3) is 0 Å². The molecule has 0 aliphatic rings. The summed E-state index contributed by atoms with van der Waals surface area (Å²) in [5, 5.41) is 10.9. The van der Waals surface area contributed by atoms with Gasteiger partial charge in [-0.3, -0.25) is 15.0 Å². The number of rotatable bonds is 5. The van der Waals surface area contributed by atoms with Gasteiger partial charge in [0.2, 0.25) is 0 Å². The molecule has 0 heterocycles. The van der Waals surface area contributed by atoms with Crippen LogP contribution < -0.4 is 5.48 Å². The molecule has 0 spiro atoms. The van der Waals surface area contributed by atoms with Crippen LogP contribution in [-0.4, -0.2) is 17.7 Å². The molecular weight excluding hydrogens is 277 g/mol. The van der Waals surface area contributed by atoms with Crippen molar-refractivity contribution in [3.05, 3.63) is 38.9 Å². The Hall–Kier alpha value is -1.38. The van der Waals surface area contributed by atoms with Crippen LogP contribution in [-0.2, 0) is 11.4 Å². The molecule has 5 nitrogen and oxygen atoms in total. The molecule has 9 heteroatoms. The van der Waals surface area contributed by atoms with Gasteiger partial charge in [-0.05, 0) is 12.1 Å². The molecular formula is C9H8ClF3N2O3. The fourth-order valence-corrected chi connectivity index (χ4v) is 1.33. The third-order valence-corrected chi connectivity index (χ3v) is 2.07. The number of hydrogen-bond donors (Lipinski definition) is 1. The summed E-state index contributed by atoms with van der Waals surface area (Å²) in [4.78, 5) is 14.1. The molecule has 0 bridgehead atoms. The predicted molar refractivity (Wildman–Crippen MR) is 57.0 cm³/mol. The Morgan fingerprint density at radius 3 is 2.67 bits per heavy atom. The summed E-state index contributed by atoms with van der Waals surface area (Å²) < 4.78 is 35.3. The van der Waals surface area contributed by atoms with E-state index in [0.29, 0.717) is 0 Å². The highest BCUT2D eigenvalue weighted by Crippen LogP contribution is 2.22. The first-order valence-corrected chi connectivity index (χ1v) is 5.01. The second-order valence-electron chi connectivity index (χ2n) is 3.26. The lowest BCUT2D eigenvalue weighted by atomic mass is 10.2. The maximum atomic E-state index is 11.8. The van der Waals surface area contributed by atoms with E-state index in [1.165, 1.54) is 18.2 Å². The van der Waals surface area contributed by atoms with Crippen LogP contribution in [0.15, 0.2) is 18.2 Å². The molecule has 0 saturated carbocycles. The van der Waals surface area contributed by atoms with Crippen molar-refractivity contribution in [1.29, 1.82) is 0 Å². The molecule has 1 N–H and O–H groups in total. The number of hydrogen-bond acceptors (Lipinski definition) is 4. The fourth-order valence-electron chi connectivity index (χ4n) is 1.14. The molecule has 100 valence electrons. The average Bonchev–Trinajstić information content (AvgIpc) is 2.22. The van der Waals surface area contributed by atoms with Crippen molar-refractivity contribution in [2.45, 2.75) is 12.7 Å². The van der Waals surface area contributed by atoms with Crippen LogP contribution in [0.3, 0.4) is 0 Å². The zero-order chi connectivity index (χ0) is 13.8. The van der Waals surface area contributed by atoms with E-state index in [9.17, 15) is 23.3 Å². The number of nitrogens with zero attached hydrogens (tertiary/aromatic N) is 1. The third-order valence-electron chi connectivity index (χ3n) is 1.84. The van der Waals surface area contributed by atoms with Crippen LogP contribution in [0, 0.1) is 10.1 Å². The quantitative estimate of drug-likeness (QED) is 0.513. The molecule has 0 radical (unpaired) electrons. The third kappa shape index (κ3) is 4.86. The van der Waals surface area contributed by atoms with Gasteiger partial charge in [0.05, 0.1) is 11.5 Å². The molecule has 0 aromatic heterocycles. The fraction of sp³-hybridized carbons (Fsp3) is 0.333. The standard InChI is InChI=1S/C9H8ClF3N2O3/c10-7-1-2-8(15(16)17)6(3-7)4-14-18-5-9(11,12)13/h1-3,14H,4-5H2. The Morgan fingerprint density at radius 1 is 1.44 bits per heavy atom. The molecule has 1 rings (SSSR count). The van der Waals surface area contributed by atoms with Gasteiger partial charge in [-0.15, -0.1) is 0 Å². The summed E-state index contributed by atoms with van der Waals surface area (Å²) in [5.74, 6) is 0. The number of benzene rings is 1. The van der Waals surface area contributed by atoms with Gasteiger partial charge in [-0.1, -0.05) is 11.6 Å². The van der Waals surface area contributed by atoms with E-state index in [1.807, 2.05) is 5.48 Å². The highest BCUT2D eigenvalue weighted by Gasteiger charge is 2.27. The van der Waals surface area contributed by atoms with Gasteiger partial charge in [0, 0.05) is 16.7 Å². The summed E-state index contributed by atoms with van der Waals surface area (Å²) in [6.07, 6.45) is -4.47. The number of nitro benzene ring substituents is 1. The lowest BCUT2D eigenvalue weighted by Crippen LogP contribution is -2.24. The first-order chi connectivity index (χ1) is 8.29. The smallest absolute Gasteiger partial charge is 0.292 e. The number of nitro groups is 1. The summed E-state index contributed by atoms with van der Waals surface area (Å²) in [6.45, 7) is -1.74. The highest BCUT2D eigenvalue weighted by atomic mass is 35.5. The van der Waals surface area contributed by atoms with Gasteiger partial charge >= 0.3 is 6.18 Å². The molecule has 0 amide bonds. The van der Waals surface area contributed by atoms with Crippen LogP contribution in [0.1, 0.15) is 5.56 Å². The minimum Gasteiger partial charge on any atom is -0.292 e. The Bertz CT molecular complexity index is 440. The zero-order valence-electron chi connectivity index (χ0n) is 8.83. The molecule has 0 aliphatic heterocycles. The minimum absolute atomic E-state index is 0.134. The number of alkyl halides is 3. The summed E-state index contributed by atoms with van der Waals surface area (Å²) in [6, 6.07) is 3.77. The van der Waals surface area contributed by atoms with Gasteiger partial charge < -0.3 is 0 Å². The van der Waals surface area contributed by atoms with Crippen molar-refractivity contribution in [1.82, 2.24) is 5.48 Å². The molecule has 1 aromatic rings. The molecule has 0 atom stereocenters. The van der Waals surface area contributed by atoms with Crippen molar-refractivity contribution >= 4 is 17.3 Å². The first kappa shape index (κ1) is 14.7. The van der Waals surface area contributed by atoms with E-state index in [4.69, 9.17) is 11.6 Å². The number of halogens is 4. The Labute approximate surface area is 105 Å². The van der Waals surface area contributed by atoms with E-state index in [-0.39, 0.29) is 22.8 Å². The van der Waals surface area contributed by atoms with E-state index >= 15 is 0 Å². The summed E-state index contributed by atoms with van der Waals surface area (Å²) in [5.41, 5.74) is 1.88. The van der Waals surface area contributed by atoms with Gasteiger partial charge in [-0.25, -0.2) is 0 Å². The summed E-state index contributed by atoms with van der Waals surface area (Å²) in [7, 11) is 0. The maximum absolute atomic E-state index is 11.8. The second-order valence-corrected chi connectivity index (χ2v) is 3.69. The second kappa shape index (κ2) is 5.98. The van der Waals surface area contributed by atoms with E-state index in [2.05, 4.69) is 4.84 Å². The van der Waals surface area contributed by atoms with Crippen LogP contribution in [0.4, 0.5) is 18.9 Å². The van der Waals surface area contributed by atoms with Crippen molar-refractivity contribution < 1.29 is 22.9 Å². The van der Waals surface area contributed by atoms with Crippen LogP contribution in [0.5, 0.6) is 0 Å². The molecule has 0 unspecified atom stereocenters. The molecule has 1 aromatic carbocycles. The molecule has 18 heavy (non-hydrogen) atoms. The van der Waals surface area contributed by atoms with Crippen LogP contribution >= 0.6 is 11.6 Å². The predicted octanol–water partition coefficient (Wildman–Crippen LogP) is 2.83. The van der Waals surface area contributed by atoms with E-state index < -0.39 is 17.7 Å². The summed E-state index contributed by atoms with van der Waals surface area (Å²) >= 11 is 5.64. The van der Waals surface area contributed by atoms with Gasteiger partial charge in [0.15, 0.2) is 6.61 Å². The topological polar surface area (TPSA) is 64.4 Å². The van der Waals surface area contributed by atoms with E-state index in [0.717, 1.165) is 0 Å².